The molecule has 0 unspecified atom stereocenters. The van der Waals surface area contributed by atoms with Crippen LogP contribution in [-0.2, 0) is 6.54 Å². The number of rotatable bonds is 4. The van der Waals surface area contributed by atoms with Crippen LogP contribution >= 0.6 is 11.3 Å². The van der Waals surface area contributed by atoms with Gasteiger partial charge in [-0.3, -0.25) is 4.90 Å². The third-order valence-electron chi connectivity index (χ3n) is 3.65. The van der Waals surface area contributed by atoms with Crippen molar-refractivity contribution in [3.8, 4) is 11.4 Å². The van der Waals surface area contributed by atoms with Gasteiger partial charge in [-0.05, 0) is 49.8 Å². The lowest BCUT2D eigenvalue weighted by Gasteiger charge is -2.30. The van der Waals surface area contributed by atoms with Crippen molar-refractivity contribution in [2.24, 2.45) is 11.7 Å². The van der Waals surface area contributed by atoms with Gasteiger partial charge in [0.05, 0.1) is 6.54 Å². The van der Waals surface area contributed by atoms with Gasteiger partial charge in [0.2, 0.25) is 11.7 Å². The summed E-state index contributed by atoms with van der Waals surface area (Å²) in [6.45, 7) is 3.68. The number of piperidine rings is 1. The molecule has 0 aromatic carbocycles. The van der Waals surface area contributed by atoms with Crippen LogP contribution in [0.3, 0.4) is 0 Å². The largest absolute Gasteiger partial charge is 0.338 e. The van der Waals surface area contributed by atoms with Gasteiger partial charge in [0.25, 0.3) is 0 Å². The Kier molecular flexibility index (Phi) is 3.91. The van der Waals surface area contributed by atoms with Gasteiger partial charge in [0.15, 0.2) is 0 Å². The highest BCUT2D eigenvalue weighted by molar-refractivity contribution is 7.08. The molecule has 2 aromatic heterocycles. The molecule has 0 aliphatic carbocycles. The fraction of sp³-hybridized carbons (Fsp3) is 0.538. The summed E-state index contributed by atoms with van der Waals surface area (Å²) in [4.78, 5) is 6.81. The summed E-state index contributed by atoms with van der Waals surface area (Å²) in [6.07, 6.45) is 2.34. The zero-order valence-electron chi connectivity index (χ0n) is 10.8. The van der Waals surface area contributed by atoms with Crippen molar-refractivity contribution in [3.63, 3.8) is 0 Å². The van der Waals surface area contributed by atoms with Crippen molar-refractivity contribution < 1.29 is 4.52 Å². The number of aromatic nitrogens is 2. The first-order chi connectivity index (χ1) is 9.35. The quantitative estimate of drug-likeness (QED) is 0.926. The van der Waals surface area contributed by atoms with Crippen molar-refractivity contribution >= 4 is 11.3 Å². The minimum Gasteiger partial charge on any atom is -0.338 e. The predicted molar refractivity (Wildman–Crippen MR) is 74.7 cm³/mol. The van der Waals surface area contributed by atoms with Gasteiger partial charge in [-0.1, -0.05) is 5.16 Å². The van der Waals surface area contributed by atoms with Crippen molar-refractivity contribution in [2.75, 3.05) is 19.6 Å². The molecule has 6 heteroatoms. The average molecular weight is 278 g/mol. The highest BCUT2D eigenvalue weighted by Crippen LogP contribution is 2.21. The SMILES string of the molecule is NCC1CCN(Cc2nc(-c3ccsc3)no2)CC1. The Morgan fingerprint density at radius 2 is 2.26 bits per heavy atom. The van der Waals surface area contributed by atoms with Crippen LogP contribution in [0.25, 0.3) is 11.4 Å². The molecule has 1 saturated heterocycles. The van der Waals surface area contributed by atoms with Gasteiger partial charge < -0.3 is 10.3 Å². The van der Waals surface area contributed by atoms with E-state index >= 15 is 0 Å². The van der Waals surface area contributed by atoms with E-state index in [-0.39, 0.29) is 0 Å². The van der Waals surface area contributed by atoms with Crippen molar-refractivity contribution in [3.05, 3.63) is 22.7 Å². The van der Waals surface area contributed by atoms with Crippen molar-refractivity contribution in [1.29, 1.82) is 0 Å². The minimum atomic E-state index is 0.681. The van der Waals surface area contributed by atoms with E-state index in [0.29, 0.717) is 17.6 Å². The maximum atomic E-state index is 5.70. The first kappa shape index (κ1) is 12.8. The van der Waals surface area contributed by atoms with Gasteiger partial charge in [0, 0.05) is 10.9 Å². The van der Waals surface area contributed by atoms with E-state index in [1.165, 1.54) is 12.8 Å². The van der Waals surface area contributed by atoms with Crippen LogP contribution in [0.15, 0.2) is 21.3 Å². The summed E-state index contributed by atoms with van der Waals surface area (Å²) >= 11 is 1.64. The lowest BCUT2D eigenvalue weighted by atomic mass is 9.97. The smallest absolute Gasteiger partial charge is 0.241 e. The number of thiophene rings is 1. The predicted octanol–water partition coefficient (Wildman–Crippen LogP) is 1.97. The van der Waals surface area contributed by atoms with E-state index in [1.54, 1.807) is 11.3 Å². The van der Waals surface area contributed by atoms with Crippen molar-refractivity contribution in [1.82, 2.24) is 15.0 Å². The van der Waals surface area contributed by atoms with Gasteiger partial charge in [-0.25, -0.2) is 0 Å². The fourth-order valence-electron chi connectivity index (χ4n) is 2.40. The number of nitrogens with two attached hydrogens (primary N) is 1. The summed E-state index contributed by atoms with van der Waals surface area (Å²) in [7, 11) is 0. The number of likely N-dealkylation sites (tertiary alicyclic amines) is 1. The molecule has 19 heavy (non-hydrogen) atoms. The van der Waals surface area contributed by atoms with E-state index in [2.05, 4.69) is 15.0 Å². The molecule has 0 spiro atoms. The lowest BCUT2D eigenvalue weighted by Crippen LogP contribution is -2.35. The van der Waals surface area contributed by atoms with Gasteiger partial charge in [-0.15, -0.1) is 0 Å². The average Bonchev–Trinajstić information content (AvgIpc) is 3.10. The van der Waals surface area contributed by atoms with E-state index < -0.39 is 0 Å². The van der Waals surface area contributed by atoms with Crippen LogP contribution in [0.5, 0.6) is 0 Å². The van der Waals surface area contributed by atoms with Gasteiger partial charge in [0.1, 0.15) is 0 Å². The maximum Gasteiger partial charge on any atom is 0.241 e. The zero-order valence-corrected chi connectivity index (χ0v) is 11.6. The lowest BCUT2D eigenvalue weighted by molar-refractivity contribution is 0.161. The Labute approximate surface area is 116 Å². The van der Waals surface area contributed by atoms with Crippen molar-refractivity contribution in [2.45, 2.75) is 19.4 Å². The summed E-state index contributed by atoms with van der Waals surface area (Å²) in [5.41, 5.74) is 6.73. The Morgan fingerprint density at radius 3 is 2.95 bits per heavy atom. The van der Waals surface area contributed by atoms with Crippen LogP contribution in [-0.4, -0.2) is 34.7 Å². The molecule has 102 valence electrons. The molecule has 0 radical (unpaired) electrons. The molecular formula is C13H18N4OS. The van der Waals surface area contributed by atoms with Crippen LogP contribution in [0, 0.1) is 5.92 Å². The van der Waals surface area contributed by atoms with Crippen LogP contribution < -0.4 is 5.73 Å². The molecule has 5 nitrogen and oxygen atoms in total. The third kappa shape index (κ3) is 3.02. The Hall–Kier alpha value is -1.24. The van der Waals surface area contributed by atoms with E-state index in [4.69, 9.17) is 10.3 Å². The van der Waals surface area contributed by atoms with E-state index in [0.717, 1.165) is 31.7 Å². The Balaban J connectivity index is 1.59. The molecule has 3 heterocycles. The summed E-state index contributed by atoms with van der Waals surface area (Å²) < 4.78 is 5.32. The van der Waals surface area contributed by atoms with Crippen LogP contribution in [0.2, 0.25) is 0 Å². The van der Waals surface area contributed by atoms with Gasteiger partial charge >= 0.3 is 0 Å². The third-order valence-corrected chi connectivity index (χ3v) is 4.33. The second-order valence-electron chi connectivity index (χ2n) is 4.98. The molecule has 1 aliphatic heterocycles. The first-order valence-electron chi connectivity index (χ1n) is 6.62. The molecule has 1 aliphatic rings. The van der Waals surface area contributed by atoms with E-state index in [1.807, 2.05) is 16.8 Å². The Morgan fingerprint density at radius 1 is 1.42 bits per heavy atom. The first-order valence-corrected chi connectivity index (χ1v) is 7.57. The standard InChI is InChI=1S/C13H18N4OS/c14-7-10-1-4-17(5-2-10)8-12-15-13(16-18-12)11-3-6-19-9-11/h3,6,9-10H,1-2,4-5,7-8,14H2. The zero-order chi connectivity index (χ0) is 13.1. The molecule has 0 atom stereocenters. The highest BCUT2D eigenvalue weighted by atomic mass is 32.1. The monoisotopic (exact) mass is 278 g/mol. The van der Waals surface area contributed by atoms with E-state index in [9.17, 15) is 0 Å². The molecule has 2 N–H and O–H groups in total. The number of hydrogen-bond acceptors (Lipinski definition) is 6. The molecule has 3 rings (SSSR count). The molecule has 0 bridgehead atoms. The summed E-state index contributed by atoms with van der Waals surface area (Å²) in [5, 5.41) is 8.08. The second-order valence-corrected chi connectivity index (χ2v) is 5.76. The molecule has 2 aromatic rings. The number of nitrogens with zero attached hydrogens (tertiary/aromatic N) is 3. The van der Waals surface area contributed by atoms with Gasteiger partial charge in [-0.2, -0.15) is 16.3 Å². The molecule has 0 saturated carbocycles. The highest BCUT2D eigenvalue weighted by Gasteiger charge is 2.20. The summed E-state index contributed by atoms with van der Waals surface area (Å²) in [6, 6.07) is 2.01. The summed E-state index contributed by atoms with van der Waals surface area (Å²) in [5.74, 6) is 2.07. The van der Waals surface area contributed by atoms with Crippen LogP contribution in [0.4, 0.5) is 0 Å². The normalized spacial score (nSPS) is 17.9. The minimum absolute atomic E-state index is 0.681. The molecule has 1 fully saturated rings. The Bertz CT molecular complexity index is 502. The maximum absolute atomic E-state index is 5.70. The molecule has 0 amide bonds. The molecular weight excluding hydrogens is 260 g/mol. The topological polar surface area (TPSA) is 68.2 Å². The van der Waals surface area contributed by atoms with Crippen LogP contribution in [0.1, 0.15) is 18.7 Å². The fourth-order valence-corrected chi connectivity index (χ4v) is 3.03. The number of hydrogen-bond donors (Lipinski definition) is 1. The second kappa shape index (κ2) is 5.81.